The van der Waals surface area contributed by atoms with Gasteiger partial charge in [-0.3, -0.25) is 32.4 Å². The van der Waals surface area contributed by atoms with Crippen LogP contribution >= 0.6 is 0 Å². The van der Waals surface area contributed by atoms with Crippen LogP contribution in [0.2, 0.25) is 0 Å². The molecule has 1 unspecified atom stereocenters. The number of carbonyl (C=O) groups excluding carboxylic acids is 3. The standard InChI is InChI=1S/C57H75N3O25S5/c1-39(11-16-50-56(2,3)55-45-36-41(88(70,71)72)38-49(90(76,77)78)43(45)13-15-47(55)59(50)22-7-10-53(63)85-60-51(61)17-18-52(60)62)9-6-19-57(4,20-8-34-86(64,65)66)54-44-35-40(87(67,68)69)37-48(89(73,74)75)42(44)12-14-46(54)58-21-23-80-26-27-82-30-31-84-33-32-83-29-28-81-25-24-79-5/h6,9,11-16,35-38,58H,7-8,10,17-34H2,1-5H3,(H,64,65,66)(H,67,68,69)(H,70,71,72)(H,73,74,75)(H,76,77,78)/b9-6+,39-11+,50-16+. The van der Waals surface area contributed by atoms with Crippen molar-refractivity contribution in [2.45, 2.75) is 103 Å². The lowest BCUT2D eigenvalue weighted by atomic mass is 9.73. The van der Waals surface area contributed by atoms with Crippen molar-refractivity contribution in [2.24, 2.45) is 0 Å². The Morgan fingerprint density at radius 2 is 1.16 bits per heavy atom. The number of imide groups is 1. The first-order chi connectivity index (χ1) is 42.1. The number of allylic oxidation sites excluding steroid dienone is 6. The first kappa shape index (κ1) is 73.2. The number of fused-ring (bicyclic) bond motifs is 4. The van der Waals surface area contributed by atoms with Gasteiger partial charge >= 0.3 is 5.97 Å². The molecular weight excluding hydrogens is 1290 g/mol. The number of hydrogen-bond acceptors (Lipinski definition) is 22. The van der Waals surface area contributed by atoms with E-state index in [9.17, 15) is 79.2 Å². The van der Waals surface area contributed by atoms with Crippen LogP contribution in [0.25, 0.3) is 21.5 Å². The summed E-state index contributed by atoms with van der Waals surface area (Å²) in [5.41, 5.74) is -0.214. The number of carbonyl (C=O) groups is 3. The molecule has 0 bridgehead atoms. The zero-order chi connectivity index (χ0) is 66.5. The maximum atomic E-state index is 13.0. The lowest BCUT2D eigenvalue weighted by Gasteiger charge is -2.33. The average Bonchev–Trinajstić information content (AvgIpc) is 1.44. The van der Waals surface area contributed by atoms with E-state index in [1.807, 2.05) is 0 Å². The van der Waals surface area contributed by atoms with Crippen LogP contribution in [-0.2, 0) is 109 Å². The summed E-state index contributed by atoms with van der Waals surface area (Å²) in [5, 5.41) is 3.34. The maximum Gasteiger partial charge on any atom is 0.333 e. The number of anilines is 2. The van der Waals surface area contributed by atoms with E-state index >= 15 is 0 Å². The van der Waals surface area contributed by atoms with Crippen LogP contribution in [-0.4, -0.2) is 186 Å². The number of nitrogens with zero attached hydrogens (tertiary/aromatic N) is 2. The minimum Gasteiger partial charge on any atom is -0.382 e. The molecule has 2 aliphatic heterocycles. The summed E-state index contributed by atoms with van der Waals surface area (Å²) >= 11 is 0. The molecule has 1 saturated heterocycles. The topological polar surface area (TPSA) is 406 Å². The number of hydroxylamine groups is 2. The molecule has 0 aromatic heterocycles. The quantitative estimate of drug-likeness (QED) is 0.0130. The second-order valence-electron chi connectivity index (χ2n) is 21.8. The van der Waals surface area contributed by atoms with Crippen molar-refractivity contribution < 1.29 is 112 Å². The van der Waals surface area contributed by atoms with Gasteiger partial charge < -0.3 is 43.5 Å². The first-order valence-corrected chi connectivity index (χ1v) is 35.5. The fourth-order valence-corrected chi connectivity index (χ4v) is 13.8. The van der Waals surface area contributed by atoms with Gasteiger partial charge in [-0.05, 0) is 102 Å². The van der Waals surface area contributed by atoms with Crippen molar-refractivity contribution in [3.63, 3.8) is 0 Å². The van der Waals surface area contributed by atoms with Gasteiger partial charge in [-0.15, -0.1) is 5.06 Å². The van der Waals surface area contributed by atoms with E-state index in [0.717, 1.165) is 12.1 Å². The smallest absolute Gasteiger partial charge is 0.333 e. The van der Waals surface area contributed by atoms with Crippen LogP contribution in [0, 0.1) is 0 Å². The maximum absolute atomic E-state index is 13.0. The summed E-state index contributed by atoms with van der Waals surface area (Å²) in [6.07, 6.45) is 5.91. The molecule has 1 fully saturated rings. The number of methoxy groups -OCH3 is 1. The summed E-state index contributed by atoms with van der Waals surface area (Å²) in [7, 11) is -23.5. The molecule has 28 nitrogen and oxygen atoms in total. The molecule has 1 atom stereocenters. The number of benzene rings is 4. The van der Waals surface area contributed by atoms with Crippen LogP contribution in [0.15, 0.2) is 104 Å². The molecule has 4 aromatic carbocycles. The molecule has 0 saturated carbocycles. The van der Waals surface area contributed by atoms with E-state index in [-0.39, 0.29) is 117 Å². The van der Waals surface area contributed by atoms with Gasteiger partial charge in [0.1, 0.15) is 9.79 Å². The van der Waals surface area contributed by atoms with Gasteiger partial charge in [0.05, 0.1) is 88.2 Å². The lowest BCUT2D eigenvalue weighted by Crippen LogP contribution is -2.32. The highest BCUT2D eigenvalue weighted by Gasteiger charge is 2.42. The second kappa shape index (κ2) is 31.2. The SMILES string of the molecule is COCCOCCOCCOCCOCCOCCNc1ccc2c(S(=O)(=O)O)cc(S(=O)(=O)O)cc2c1C(C)(C/C=C/C(C)=C/C=C1/N(CCCC(=O)ON2C(=O)CCC2=O)c2ccc3c(S(=O)(=O)O)cc(S(=O)(=O)O)cc3c2C1(C)C)CCCS(=O)(=O)O. The zero-order valence-electron chi connectivity index (χ0n) is 50.1. The highest BCUT2D eigenvalue weighted by atomic mass is 32.2. The van der Waals surface area contributed by atoms with Gasteiger partial charge in [0.2, 0.25) is 0 Å². The predicted molar refractivity (Wildman–Crippen MR) is 327 cm³/mol. The normalized spacial score (nSPS) is 16.3. The molecule has 4 aromatic rings. The van der Waals surface area contributed by atoms with Crippen molar-refractivity contribution in [3.05, 3.63) is 95.2 Å². The predicted octanol–water partition coefficient (Wildman–Crippen LogP) is 6.01. The number of amides is 2. The van der Waals surface area contributed by atoms with E-state index < -0.39 is 105 Å². The van der Waals surface area contributed by atoms with E-state index in [1.165, 1.54) is 24.3 Å². The number of nitrogens with one attached hydrogen (secondary N) is 1. The van der Waals surface area contributed by atoms with Crippen LogP contribution in [0.1, 0.15) is 83.8 Å². The van der Waals surface area contributed by atoms with Crippen molar-refractivity contribution in [1.29, 1.82) is 0 Å². The third-order valence-electron chi connectivity index (χ3n) is 14.7. The first-order valence-electron chi connectivity index (χ1n) is 28.2. The zero-order valence-corrected chi connectivity index (χ0v) is 54.2. The molecular formula is C57H75N3O25S5. The Morgan fingerprint density at radius 3 is 1.67 bits per heavy atom. The minimum atomic E-state index is -5.19. The molecule has 498 valence electrons. The lowest BCUT2D eigenvalue weighted by molar-refractivity contribution is -0.197. The van der Waals surface area contributed by atoms with Crippen LogP contribution < -0.4 is 10.2 Å². The van der Waals surface area contributed by atoms with Crippen molar-refractivity contribution >= 4 is 101 Å². The van der Waals surface area contributed by atoms with E-state index in [0.29, 0.717) is 86.0 Å². The summed E-state index contributed by atoms with van der Waals surface area (Å²) < 4.78 is 210. The second-order valence-corrected chi connectivity index (χ2v) is 29.0. The molecule has 33 heteroatoms. The Balaban J connectivity index is 1.32. The van der Waals surface area contributed by atoms with Gasteiger partial charge in [0.25, 0.3) is 62.4 Å². The molecule has 0 spiro atoms. The van der Waals surface area contributed by atoms with Crippen LogP contribution in [0.4, 0.5) is 11.4 Å². The number of rotatable bonds is 37. The molecule has 6 rings (SSSR count). The van der Waals surface area contributed by atoms with E-state index in [1.54, 1.807) is 64.0 Å². The summed E-state index contributed by atoms with van der Waals surface area (Å²) in [4.78, 5) is 40.8. The number of ether oxygens (including phenoxy) is 6. The summed E-state index contributed by atoms with van der Waals surface area (Å²) in [6, 6.07) is 8.98. The Kier molecular flexibility index (Phi) is 25.4. The summed E-state index contributed by atoms with van der Waals surface area (Å²) in [5.74, 6) is -2.99. The van der Waals surface area contributed by atoms with Gasteiger partial charge in [-0.1, -0.05) is 56.7 Å². The highest BCUT2D eigenvalue weighted by Crippen LogP contribution is 2.52. The molecule has 90 heavy (non-hydrogen) atoms. The van der Waals surface area contributed by atoms with Crippen molar-refractivity contribution in [2.75, 3.05) is 109 Å². The Labute approximate surface area is 523 Å². The van der Waals surface area contributed by atoms with E-state index in [4.69, 9.17) is 33.3 Å². The Morgan fingerprint density at radius 1 is 0.656 bits per heavy atom. The Hall–Kier alpha value is -5.86. The van der Waals surface area contributed by atoms with Gasteiger partial charge in [0, 0.05) is 72.7 Å². The molecule has 0 aliphatic carbocycles. The third-order valence-corrected chi connectivity index (χ3v) is 19.0. The van der Waals surface area contributed by atoms with Crippen molar-refractivity contribution in [3.8, 4) is 0 Å². The summed E-state index contributed by atoms with van der Waals surface area (Å²) in [6.45, 7) is 10.5. The molecule has 2 heterocycles. The molecule has 0 radical (unpaired) electrons. The fraction of sp³-hybridized carbons (Fsp3) is 0.491. The molecule has 2 aliphatic rings. The monoisotopic (exact) mass is 1360 g/mol. The molecule has 2 amide bonds. The van der Waals surface area contributed by atoms with Gasteiger partial charge in [-0.2, -0.15) is 42.1 Å². The highest BCUT2D eigenvalue weighted by molar-refractivity contribution is 7.87. The van der Waals surface area contributed by atoms with Gasteiger partial charge in [-0.25, -0.2) is 4.79 Å². The van der Waals surface area contributed by atoms with Crippen LogP contribution in [0.5, 0.6) is 0 Å². The average molecular weight is 1360 g/mol. The fourth-order valence-electron chi connectivity index (χ4n) is 10.6. The third kappa shape index (κ3) is 19.8. The van der Waals surface area contributed by atoms with Crippen LogP contribution in [0.3, 0.4) is 0 Å². The largest absolute Gasteiger partial charge is 0.382 e. The number of hydrogen-bond donors (Lipinski definition) is 6. The van der Waals surface area contributed by atoms with Gasteiger partial charge in [0.15, 0.2) is 0 Å². The minimum absolute atomic E-state index is 0.0214. The van der Waals surface area contributed by atoms with Crippen molar-refractivity contribution in [1.82, 2.24) is 5.06 Å². The molecule has 6 N–H and O–H groups in total. The Bertz CT molecular complexity index is 3970. The van der Waals surface area contributed by atoms with E-state index in [2.05, 4.69) is 5.32 Å².